The number of nitrogens with one attached hydrogen (secondary N) is 1. The van der Waals surface area contributed by atoms with E-state index in [1.54, 1.807) is 0 Å². The van der Waals surface area contributed by atoms with Crippen molar-refractivity contribution in [1.82, 2.24) is 5.43 Å². The van der Waals surface area contributed by atoms with Crippen molar-refractivity contribution in [2.24, 2.45) is 11.8 Å². The fourth-order valence-corrected chi connectivity index (χ4v) is 2.90. The van der Waals surface area contributed by atoms with Gasteiger partial charge in [0.25, 0.3) is 0 Å². The molecule has 0 bridgehead atoms. The normalized spacial score (nSPS) is 21.7. The van der Waals surface area contributed by atoms with Gasteiger partial charge >= 0.3 is 0 Å². The minimum Gasteiger partial charge on any atom is -0.458 e. The summed E-state index contributed by atoms with van der Waals surface area (Å²) in [7, 11) is 0. The zero-order chi connectivity index (χ0) is 13.2. The zero-order valence-corrected chi connectivity index (χ0v) is 11.3. The van der Waals surface area contributed by atoms with Crippen LogP contribution in [0.2, 0.25) is 5.02 Å². The van der Waals surface area contributed by atoms with E-state index in [-0.39, 0.29) is 6.04 Å². The molecule has 0 radical (unpaired) electrons. The molecule has 0 amide bonds. The second-order valence-electron chi connectivity index (χ2n) is 4.93. The molecule has 3 N–H and O–H groups in total. The highest BCUT2D eigenvalue weighted by Crippen LogP contribution is 2.34. The van der Waals surface area contributed by atoms with Gasteiger partial charge in [0.2, 0.25) is 0 Å². The number of para-hydroxylation sites is 1. The summed E-state index contributed by atoms with van der Waals surface area (Å²) in [5.74, 6) is 6.85. The third-order valence-electron chi connectivity index (χ3n) is 3.67. The van der Waals surface area contributed by atoms with Crippen LogP contribution < -0.4 is 11.3 Å². The first-order valence-corrected chi connectivity index (χ1v) is 6.89. The van der Waals surface area contributed by atoms with Crippen LogP contribution in [0.15, 0.2) is 28.7 Å². The molecule has 2 heterocycles. The molecule has 1 fully saturated rings. The summed E-state index contributed by atoms with van der Waals surface area (Å²) in [4.78, 5) is 0. The van der Waals surface area contributed by atoms with E-state index < -0.39 is 0 Å². The minimum atomic E-state index is -0.0382. The quantitative estimate of drug-likeness (QED) is 0.670. The van der Waals surface area contributed by atoms with Crippen molar-refractivity contribution < 1.29 is 9.15 Å². The molecular formula is C14H17ClN2O2. The number of hydrogen-bond acceptors (Lipinski definition) is 4. The third kappa shape index (κ3) is 2.49. The first kappa shape index (κ1) is 12.9. The molecule has 2 atom stereocenters. The second-order valence-corrected chi connectivity index (χ2v) is 5.34. The summed E-state index contributed by atoms with van der Waals surface area (Å²) in [6, 6.07) is 7.69. The third-order valence-corrected chi connectivity index (χ3v) is 3.97. The molecule has 3 rings (SSSR count). The number of benzene rings is 1. The van der Waals surface area contributed by atoms with E-state index in [9.17, 15) is 0 Å². The molecule has 0 spiro atoms. The van der Waals surface area contributed by atoms with Crippen LogP contribution in [0.4, 0.5) is 0 Å². The molecule has 0 saturated carbocycles. The van der Waals surface area contributed by atoms with Crippen molar-refractivity contribution in [3.63, 3.8) is 0 Å². The van der Waals surface area contributed by atoms with E-state index in [0.29, 0.717) is 17.5 Å². The lowest BCUT2D eigenvalue weighted by Crippen LogP contribution is -2.37. The number of hydrogen-bond donors (Lipinski definition) is 2. The zero-order valence-electron chi connectivity index (χ0n) is 10.6. The van der Waals surface area contributed by atoms with Gasteiger partial charge in [0.15, 0.2) is 5.58 Å². The Bertz CT molecular complexity index is 564. The number of halogens is 1. The van der Waals surface area contributed by atoms with E-state index in [0.717, 1.165) is 36.2 Å². The van der Waals surface area contributed by atoms with Crippen LogP contribution in [0.5, 0.6) is 0 Å². The number of hydrazine groups is 1. The van der Waals surface area contributed by atoms with Crippen molar-refractivity contribution >= 4 is 22.6 Å². The van der Waals surface area contributed by atoms with Crippen LogP contribution >= 0.6 is 11.6 Å². The monoisotopic (exact) mass is 280 g/mol. The molecule has 2 unspecified atom stereocenters. The van der Waals surface area contributed by atoms with Gasteiger partial charge in [-0.1, -0.05) is 23.7 Å². The smallest absolute Gasteiger partial charge is 0.152 e. The van der Waals surface area contributed by atoms with Crippen LogP contribution in [-0.2, 0) is 4.74 Å². The van der Waals surface area contributed by atoms with Gasteiger partial charge in [0, 0.05) is 17.9 Å². The summed E-state index contributed by atoms with van der Waals surface area (Å²) in [5.41, 5.74) is 3.57. The van der Waals surface area contributed by atoms with Gasteiger partial charge in [-0.25, -0.2) is 5.43 Å². The van der Waals surface area contributed by atoms with E-state index in [1.165, 1.54) is 0 Å². The Morgan fingerprint density at radius 2 is 2.32 bits per heavy atom. The molecule has 1 aliphatic heterocycles. The Labute approximate surface area is 116 Å². The molecule has 5 heteroatoms. The summed E-state index contributed by atoms with van der Waals surface area (Å²) >= 11 is 6.13. The van der Waals surface area contributed by atoms with Crippen molar-refractivity contribution in [3.05, 3.63) is 35.0 Å². The van der Waals surface area contributed by atoms with Gasteiger partial charge in [0.1, 0.15) is 5.76 Å². The Morgan fingerprint density at radius 3 is 3.00 bits per heavy atom. The molecule has 1 aliphatic rings. The molecule has 19 heavy (non-hydrogen) atoms. The van der Waals surface area contributed by atoms with Crippen molar-refractivity contribution in [1.29, 1.82) is 0 Å². The molecule has 1 aromatic heterocycles. The summed E-state index contributed by atoms with van der Waals surface area (Å²) in [6.45, 7) is 1.54. The van der Waals surface area contributed by atoms with E-state index in [1.807, 2.05) is 24.3 Å². The fourth-order valence-electron chi connectivity index (χ4n) is 2.68. The minimum absolute atomic E-state index is 0.0382. The highest BCUT2D eigenvalue weighted by molar-refractivity contribution is 6.34. The number of furan rings is 1. The molecule has 0 aliphatic carbocycles. The average molecular weight is 281 g/mol. The van der Waals surface area contributed by atoms with Crippen LogP contribution in [0.1, 0.15) is 24.6 Å². The highest BCUT2D eigenvalue weighted by Gasteiger charge is 2.27. The predicted octanol–water partition coefficient (Wildman–Crippen LogP) is 3.02. The largest absolute Gasteiger partial charge is 0.458 e. The summed E-state index contributed by atoms with van der Waals surface area (Å²) in [6.07, 6.45) is 2.14. The molecular weight excluding hydrogens is 264 g/mol. The fraction of sp³-hybridized carbons (Fsp3) is 0.429. The summed E-state index contributed by atoms with van der Waals surface area (Å²) in [5, 5.41) is 1.62. The van der Waals surface area contributed by atoms with E-state index in [4.69, 9.17) is 26.6 Å². The molecule has 2 aromatic rings. The van der Waals surface area contributed by atoms with Gasteiger partial charge in [-0.05, 0) is 25.0 Å². The van der Waals surface area contributed by atoms with E-state index >= 15 is 0 Å². The number of ether oxygens (including phenoxy) is 1. The predicted molar refractivity (Wildman–Crippen MR) is 74.8 cm³/mol. The lowest BCUT2D eigenvalue weighted by molar-refractivity contribution is 0.0358. The van der Waals surface area contributed by atoms with Gasteiger partial charge in [-0.15, -0.1) is 0 Å². The number of fused-ring (bicyclic) bond motifs is 1. The van der Waals surface area contributed by atoms with E-state index in [2.05, 4.69) is 5.43 Å². The van der Waals surface area contributed by atoms with Crippen LogP contribution in [0, 0.1) is 5.92 Å². The highest BCUT2D eigenvalue weighted by atomic mass is 35.5. The molecule has 1 aromatic carbocycles. The maximum atomic E-state index is 6.13. The van der Waals surface area contributed by atoms with Crippen molar-refractivity contribution in [2.75, 3.05) is 13.2 Å². The van der Waals surface area contributed by atoms with Gasteiger partial charge in [-0.2, -0.15) is 0 Å². The lowest BCUT2D eigenvalue weighted by Gasteiger charge is -2.28. The Balaban J connectivity index is 1.94. The SMILES string of the molecule is NNC(c1cc2cccc(Cl)c2o1)C1CCCOC1. The maximum absolute atomic E-state index is 6.13. The van der Waals surface area contributed by atoms with Crippen molar-refractivity contribution in [3.8, 4) is 0 Å². The average Bonchev–Trinajstić information content (AvgIpc) is 2.86. The topological polar surface area (TPSA) is 60.4 Å². The number of nitrogens with two attached hydrogens (primary N) is 1. The van der Waals surface area contributed by atoms with Gasteiger partial charge in [0.05, 0.1) is 17.7 Å². The molecule has 102 valence electrons. The van der Waals surface area contributed by atoms with Gasteiger partial charge in [-0.3, -0.25) is 5.84 Å². The summed E-state index contributed by atoms with van der Waals surface area (Å²) < 4.78 is 11.4. The first-order chi connectivity index (χ1) is 9.29. The molecule has 4 nitrogen and oxygen atoms in total. The second kappa shape index (κ2) is 5.51. The van der Waals surface area contributed by atoms with Crippen LogP contribution in [-0.4, -0.2) is 13.2 Å². The first-order valence-electron chi connectivity index (χ1n) is 6.51. The standard InChI is InChI=1S/C14H17ClN2O2/c15-11-5-1-3-9-7-12(19-14(9)11)13(17-16)10-4-2-6-18-8-10/h1,3,5,7,10,13,17H,2,4,6,8,16H2. The van der Waals surface area contributed by atoms with Crippen molar-refractivity contribution in [2.45, 2.75) is 18.9 Å². The van der Waals surface area contributed by atoms with Gasteiger partial charge < -0.3 is 9.15 Å². The Kier molecular flexibility index (Phi) is 3.75. The Hall–Kier alpha value is -1.07. The van der Waals surface area contributed by atoms with Crippen LogP contribution in [0.25, 0.3) is 11.0 Å². The molecule has 1 saturated heterocycles. The lowest BCUT2D eigenvalue weighted by atomic mass is 9.92. The maximum Gasteiger partial charge on any atom is 0.152 e. The Morgan fingerprint density at radius 1 is 1.42 bits per heavy atom. The van der Waals surface area contributed by atoms with Crippen LogP contribution in [0.3, 0.4) is 0 Å². The number of rotatable bonds is 3.